The minimum absolute atomic E-state index is 0.612. The van der Waals surface area contributed by atoms with Crippen LogP contribution >= 0.6 is 0 Å². The fraction of sp³-hybridized carbons (Fsp3) is 0.312. The Morgan fingerprint density at radius 2 is 1.68 bits per heavy atom. The van der Waals surface area contributed by atoms with E-state index in [4.69, 9.17) is 0 Å². The Labute approximate surface area is 114 Å². The van der Waals surface area contributed by atoms with Crippen LogP contribution in [0.4, 0.5) is 5.82 Å². The average molecular weight is 256 g/mol. The van der Waals surface area contributed by atoms with Crippen molar-refractivity contribution in [3.05, 3.63) is 59.8 Å². The Balaban J connectivity index is 2.19. The number of hydrogen-bond donors (Lipinski definition) is 1. The largest absolute Gasteiger partial charge is 0.384 e. The topological polar surface area (TPSA) is 36.4 Å². The smallest absolute Gasteiger partial charge is 0.128 e. The van der Waals surface area contributed by atoms with E-state index in [0.717, 1.165) is 30.0 Å². The number of benzene rings is 1. The van der Waals surface area contributed by atoms with Crippen molar-refractivity contribution < 1.29 is 5.11 Å². The first-order valence-corrected chi connectivity index (χ1v) is 6.70. The summed E-state index contributed by atoms with van der Waals surface area (Å²) in [6.45, 7) is 6.09. The van der Waals surface area contributed by atoms with Gasteiger partial charge in [0.25, 0.3) is 0 Å². The van der Waals surface area contributed by atoms with Gasteiger partial charge in [-0.25, -0.2) is 4.98 Å². The van der Waals surface area contributed by atoms with Crippen LogP contribution in [0.15, 0.2) is 48.7 Å². The molecule has 3 heteroatoms. The molecule has 0 aliphatic rings. The van der Waals surface area contributed by atoms with Crippen LogP contribution < -0.4 is 4.90 Å². The number of nitrogens with zero attached hydrogens (tertiary/aromatic N) is 2. The molecule has 1 aromatic heterocycles. The second-order valence-electron chi connectivity index (χ2n) is 4.44. The van der Waals surface area contributed by atoms with Crippen molar-refractivity contribution in [3.8, 4) is 0 Å². The highest BCUT2D eigenvalue weighted by Crippen LogP contribution is 2.22. The van der Waals surface area contributed by atoms with Gasteiger partial charge in [0, 0.05) is 24.8 Å². The summed E-state index contributed by atoms with van der Waals surface area (Å²) in [4.78, 5) is 6.61. The number of pyridine rings is 1. The first kappa shape index (κ1) is 13.6. The van der Waals surface area contributed by atoms with Crippen molar-refractivity contribution in [1.82, 2.24) is 4.98 Å². The van der Waals surface area contributed by atoms with Gasteiger partial charge >= 0.3 is 0 Å². The quantitative estimate of drug-likeness (QED) is 0.893. The van der Waals surface area contributed by atoms with Crippen molar-refractivity contribution in [1.29, 1.82) is 0 Å². The molecule has 0 amide bonds. The van der Waals surface area contributed by atoms with Gasteiger partial charge in [-0.3, -0.25) is 0 Å². The lowest BCUT2D eigenvalue weighted by atomic mass is 10.0. The highest BCUT2D eigenvalue weighted by molar-refractivity contribution is 5.40. The fourth-order valence-corrected chi connectivity index (χ4v) is 2.12. The molecule has 1 heterocycles. The molecule has 0 unspecified atom stereocenters. The maximum absolute atomic E-state index is 10.3. The molecule has 2 aromatic rings. The molecule has 0 aliphatic heterocycles. The summed E-state index contributed by atoms with van der Waals surface area (Å²) < 4.78 is 0. The molecule has 0 saturated carbocycles. The highest BCUT2D eigenvalue weighted by Gasteiger charge is 2.11. The second-order valence-corrected chi connectivity index (χ2v) is 4.44. The van der Waals surface area contributed by atoms with Crippen molar-refractivity contribution in [2.45, 2.75) is 20.0 Å². The van der Waals surface area contributed by atoms with Crippen molar-refractivity contribution in [2.75, 3.05) is 18.0 Å². The molecule has 0 aliphatic carbocycles. The molecule has 0 fully saturated rings. The van der Waals surface area contributed by atoms with Crippen LogP contribution in [0.1, 0.15) is 31.1 Å². The molecule has 19 heavy (non-hydrogen) atoms. The summed E-state index contributed by atoms with van der Waals surface area (Å²) in [5.41, 5.74) is 1.71. The van der Waals surface area contributed by atoms with E-state index in [1.807, 2.05) is 42.5 Å². The van der Waals surface area contributed by atoms with Crippen LogP contribution in [0, 0.1) is 0 Å². The van der Waals surface area contributed by atoms with E-state index in [1.54, 1.807) is 6.20 Å². The van der Waals surface area contributed by atoms with Gasteiger partial charge in [-0.2, -0.15) is 0 Å². The Morgan fingerprint density at radius 3 is 2.21 bits per heavy atom. The van der Waals surface area contributed by atoms with Crippen LogP contribution in [0.5, 0.6) is 0 Å². The first-order valence-electron chi connectivity index (χ1n) is 6.70. The van der Waals surface area contributed by atoms with E-state index < -0.39 is 6.10 Å². The maximum Gasteiger partial charge on any atom is 0.128 e. The highest BCUT2D eigenvalue weighted by atomic mass is 16.3. The minimum Gasteiger partial charge on any atom is -0.384 e. The number of aliphatic hydroxyl groups is 1. The molecule has 1 aromatic carbocycles. The van der Waals surface area contributed by atoms with Gasteiger partial charge in [0.1, 0.15) is 11.9 Å². The average Bonchev–Trinajstić information content (AvgIpc) is 2.49. The summed E-state index contributed by atoms with van der Waals surface area (Å²) in [6.07, 6.45) is 1.14. The monoisotopic (exact) mass is 256 g/mol. The van der Waals surface area contributed by atoms with E-state index in [1.165, 1.54) is 0 Å². The van der Waals surface area contributed by atoms with Gasteiger partial charge < -0.3 is 10.0 Å². The van der Waals surface area contributed by atoms with Crippen LogP contribution in [0.2, 0.25) is 0 Å². The molecule has 100 valence electrons. The molecule has 1 atom stereocenters. The van der Waals surface area contributed by atoms with Crippen molar-refractivity contribution in [3.63, 3.8) is 0 Å². The zero-order valence-corrected chi connectivity index (χ0v) is 11.5. The predicted molar refractivity (Wildman–Crippen MR) is 78.3 cm³/mol. The van der Waals surface area contributed by atoms with E-state index in [-0.39, 0.29) is 0 Å². The molecule has 2 rings (SSSR count). The number of aliphatic hydroxyl groups excluding tert-OH is 1. The molecule has 1 N–H and O–H groups in total. The number of aromatic nitrogens is 1. The van der Waals surface area contributed by atoms with Gasteiger partial charge in [-0.15, -0.1) is 0 Å². The Morgan fingerprint density at radius 1 is 1.00 bits per heavy atom. The lowest BCUT2D eigenvalue weighted by Crippen LogP contribution is -2.22. The summed E-state index contributed by atoms with van der Waals surface area (Å²) in [5.74, 6) is 0.953. The molecule has 0 radical (unpaired) electrons. The third-order valence-electron chi connectivity index (χ3n) is 3.29. The Bertz CT molecular complexity index is 492. The van der Waals surface area contributed by atoms with Gasteiger partial charge in [0.05, 0.1) is 0 Å². The maximum atomic E-state index is 10.3. The summed E-state index contributed by atoms with van der Waals surface area (Å²) >= 11 is 0. The zero-order valence-electron chi connectivity index (χ0n) is 11.5. The van der Waals surface area contributed by atoms with Gasteiger partial charge in [0.2, 0.25) is 0 Å². The van der Waals surface area contributed by atoms with Gasteiger partial charge in [0.15, 0.2) is 0 Å². The van der Waals surface area contributed by atoms with Crippen molar-refractivity contribution >= 4 is 5.82 Å². The van der Waals surface area contributed by atoms with E-state index in [0.29, 0.717) is 0 Å². The third-order valence-corrected chi connectivity index (χ3v) is 3.29. The summed E-state index contributed by atoms with van der Waals surface area (Å²) in [6, 6.07) is 13.5. The molecular weight excluding hydrogens is 236 g/mol. The molecule has 0 bridgehead atoms. The van der Waals surface area contributed by atoms with E-state index in [9.17, 15) is 5.11 Å². The number of rotatable bonds is 5. The van der Waals surface area contributed by atoms with Crippen LogP contribution in [-0.2, 0) is 0 Å². The number of anilines is 1. The summed E-state index contributed by atoms with van der Waals surface area (Å²) in [5, 5.41) is 10.3. The molecule has 0 spiro atoms. The molecular formula is C16H20N2O. The standard InChI is InChI=1S/C16H20N2O/c1-3-18(4-2)15-11-10-14(12-17-15)16(19)13-8-6-5-7-9-13/h5-12,16,19H,3-4H2,1-2H3/t16-/m1/s1. The lowest BCUT2D eigenvalue weighted by molar-refractivity contribution is 0.220. The van der Waals surface area contributed by atoms with Crippen molar-refractivity contribution in [2.24, 2.45) is 0 Å². The van der Waals surface area contributed by atoms with Crippen LogP contribution in [-0.4, -0.2) is 23.2 Å². The summed E-state index contributed by atoms with van der Waals surface area (Å²) in [7, 11) is 0. The fourth-order valence-electron chi connectivity index (χ4n) is 2.12. The minimum atomic E-state index is -0.612. The van der Waals surface area contributed by atoms with Gasteiger partial charge in [-0.05, 0) is 25.5 Å². The normalized spacial score (nSPS) is 12.2. The SMILES string of the molecule is CCN(CC)c1ccc([C@H](O)c2ccccc2)cn1. The first-order chi connectivity index (χ1) is 9.26. The zero-order chi connectivity index (χ0) is 13.7. The second kappa shape index (κ2) is 6.34. The van der Waals surface area contributed by atoms with Crippen LogP contribution in [0.3, 0.4) is 0 Å². The predicted octanol–water partition coefficient (Wildman–Crippen LogP) is 3.01. The Hall–Kier alpha value is -1.87. The third kappa shape index (κ3) is 3.12. The van der Waals surface area contributed by atoms with Crippen LogP contribution in [0.25, 0.3) is 0 Å². The van der Waals surface area contributed by atoms with E-state index >= 15 is 0 Å². The Kier molecular flexibility index (Phi) is 4.53. The van der Waals surface area contributed by atoms with E-state index in [2.05, 4.69) is 23.7 Å². The lowest BCUT2D eigenvalue weighted by Gasteiger charge is -2.20. The molecule has 0 saturated heterocycles. The van der Waals surface area contributed by atoms with Gasteiger partial charge in [-0.1, -0.05) is 36.4 Å². The number of hydrogen-bond acceptors (Lipinski definition) is 3. The molecule has 3 nitrogen and oxygen atoms in total.